The van der Waals surface area contributed by atoms with Crippen molar-refractivity contribution in [3.8, 4) is 0 Å². The molecule has 0 unspecified atom stereocenters. The number of aliphatic hydroxyl groups excluding tert-OH is 1. The van der Waals surface area contributed by atoms with E-state index < -0.39 is 0 Å². The van der Waals surface area contributed by atoms with E-state index in [1.807, 2.05) is 24.3 Å². The summed E-state index contributed by atoms with van der Waals surface area (Å²) in [7, 11) is 0. The predicted octanol–water partition coefficient (Wildman–Crippen LogP) is 0.237. The van der Waals surface area contributed by atoms with Gasteiger partial charge in [-0.25, -0.2) is 0 Å². The van der Waals surface area contributed by atoms with E-state index in [-0.39, 0.29) is 6.61 Å². The number of nitrogens with zero attached hydrogens (tertiary/aromatic N) is 1. The van der Waals surface area contributed by atoms with Gasteiger partial charge in [0.1, 0.15) is 4.99 Å². The van der Waals surface area contributed by atoms with E-state index in [9.17, 15) is 0 Å². The van der Waals surface area contributed by atoms with Crippen LogP contribution in [0.15, 0.2) is 29.4 Å². The Labute approximate surface area is 93.8 Å². The molecule has 0 amide bonds. The molecule has 0 spiro atoms. The molecule has 0 bridgehead atoms. The number of hydrogen-bond acceptors (Lipinski definition) is 4. The van der Waals surface area contributed by atoms with Crippen molar-refractivity contribution in [1.29, 1.82) is 0 Å². The summed E-state index contributed by atoms with van der Waals surface area (Å²) < 4.78 is 0. The number of hydrazone groups is 1. The zero-order valence-electron chi connectivity index (χ0n) is 8.18. The molecule has 4 nitrogen and oxygen atoms in total. The first-order chi connectivity index (χ1) is 7.24. The maximum Gasteiger partial charge on any atom is 0.103 e. The summed E-state index contributed by atoms with van der Waals surface area (Å²) in [5.74, 6) is 0. The molecule has 0 aliphatic rings. The molecule has 80 valence electrons. The number of thiocarbonyl (C=S) groups is 1. The van der Waals surface area contributed by atoms with E-state index in [0.717, 1.165) is 11.1 Å². The third-order valence-corrected chi connectivity index (χ3v) is 1.96. The van der Waals surface area contributed by atoms with Crippen LogP contribution >= 0.6 is 12.2 Å². The lowest BCUT2D eigenvalue weighted by atomic mass is 10.1. The monoisotopic (exact) mass is 223 g/mol. The largest absolute Gasteiger partial charge is 0.394 e. The average Bonchev–Trinajstić information content (AvgIpc) is 2.25. The normalized spacial score (nSPS) is 10.5. The topological polar surface area (TPSA) is 70.6 Å². The molecule has 4 N–H and O–H groups in total. The fourth-order valence-electron chi connectivity index (χ4n) is 0.968. The van der Waals surface area contributed by atoms with E-state index in [0.29, 0.717) is 11.5 Å². The summed E-state index contributed by atoms with van der Waals surface area (Å²) in [5, 5.41) is 12.4. The minimum absolute atomic E-state index is 0.0672. The molecule has 1 rings (SSSR count). The van der Waals surface area contributed by atoms with Crippen LogP contribution < -0.4 is 11.2 Å². The van der Waals surface area contributed by atoms with Gasteiger partial charge in [-0.05, 0) is 5.56 Å². The number of nitrogens with one attached hydrogen (secondary N) is 1. The fourth-order valence-corrected chi connectivity index (χ4v) is 1.10. The summed E-state index contributed by atoms with van der Waals surface area (Å²) in [5.41, 5.74) is 9.93. The lowest BCUT2D eigenvalue weighted by molar-refractivity contribution is 0.294. The molecule has 1 aromatic carbocycles. The van der Waals surface area contributed by atoms with E-state index in [4.69, 9.17) is 23.1 Å². The van der Waals surface area contributed by atoms with Crippen molar-refractivity contribution in [2.24, 2.45) is 10.8 Å². The second kappa shape index (κ2) is 6.10. The van der Waals surface area contributed by atoms with Crippen LogP contribution in [0, 0.1) is 0 Å². The lowest BCUT2D eigenvalue weighted by Gasteiger charge is -1.98. The molecule has 0 saturated heterocycles. The average molecular weight is 223 g/mol. The number of aliphatic hydroxyl groups is 1. The van der Waals surface area contributed by atoms with Gasteiger partial charge in [0.25, 0.3) is 0 Å². The lowest BCUT2D eigenvalue weighted by Crippen LogP contribution is -2.11. The Morgan fingerprint density at radius 3 is 2.67 bits per heavy atom. The highest BCUT2D eigenvalue weighted by Crippen LogP contribution is 2.01. The number of nitrogens with two attached hydrogens (primary N) is 1. The molecule has 0 atom stereocenters. The summed E-state index contributed by atoms with van der Waals surface area (Å²) in [6, 6.07) is 7.43. The standard InChI is InChI=1S/C10H13N3OS/c11-10(15)9-3-1-8(2-4-9)7-13-12-5-6-14/h1-4,7,12,14H,5-6H2,(H2,11,15)/b13-7+. The van der Waals surface area contributed by atoms with E-state index >= 15 is 0 Å². The second-order valence-corrected chi connectivity index (χ2v) is 3.32. The predicted molar refractivity (Wildman–Crippen MR) is 65.0 cm³/mol. The zero-order valence-corrected chi connectivity index (χ0v) is 9.00. The van der Waals surface area contributed by atoms with Crippen molar-refractivity contribution in [2.45, 2.75) is 0 Å². The maximum atomic E-state index is 8.50. The Morgan fingerprint density at radius 2 is 2.13 bits per heavy atom. The van der Waals surface area contributed by atoms with E-state index in [1.54, 1.807) is 6.21 Å². The SMILES string of the molecule is NC(=S)c1ccc(/C=N/NCCO)cc1. The molecule has 0 fully saturated rings. The third-order valence-electron chi connectivity index (χ3n) is 1.72. The quantitative estimate of drug-likeness (QED) is 0.289. The van der Waals surface area contributed by atoms with Crippen LogP contribution in [-0.2, 0) is 0 Å². The van der Waals surface area contributed by atoms with Gasteiger partial charge in [-0.3, -0.25) is 0 Å². The van der Waals surface area contributed by atoms with E-state index in [1.165, 1.54) is 0 Å². The molecule has 0 radical (unpaired) electrons. The number of benzene rings is 1. The van der Waals surface area contributed by atoms with Gasteiger partial charge in [0, 0.05) is 5.56 Å². The summed E-state index contributed by atoms with van der Waals surface area (Å²) in [6.45, 7) is 0.513. The first kappa shape index (κ1) is 11.6. The van der Waals surface area contributed by atoms with Crippen LogP contribution in [0.5, 0.6) is 0 Å². The van der Waals surface area contributed by atoms with Crippen molar-refractivity contribution in [3.63, 3.8) is 0 Å². The van der Waals surface area contributed by atoms with E-state index in [2.05, 4.69) is 10.5 Å². The maximum absolute atomic E-state index is 8.50. The highest BCUT2D eigenvalue weighted by Gasteiger charge is 1.94. The number of rotatable bonds is 5. The minimum atomic E-state index is 0.0672. The molecule has 0 aromatic heterocycles. The van der Waals surface area contributed by atoms with Gasteiger partial charge in [-0.15, -0.1) is 0 Å². The summed E-state index contributed by atoms with van der Waals surface area (Å²) in [4.78, 5) is 0.386. The molecule has 0 saturated carbocycles. The first-order valence-electron chi connectivity index (χ1n) is 4.50. The fraction of sp³-hybridized carbons (Fsp3) is 0.200. The van der Waals surface area contributed by atoms with Crippen LogP contribution in [0.1, 0.15) is 11.1 Å². The molecule has 0 aliphatic carbocycles. The summed E-state index contributed by atoms with van der Waals surface area (Å²) >= 11 is 4.83. The molecular formula is C10H13N3OS. The molecule has 5 heteroatoms. The van der Waals surface area contributed by atoms with Crippen molar-refractivity contribution < 1.29 is 5.11 Å². The van der Waals surface area contributed by atoms with Gasteiger partial charge in [-0.2, -0.15) is 5.10 Å². The Balaban J connectivity index is 2.56. The highest BCUT2D eigenvalue weighted by molar-refractivity contribution is 7.80. The molecule has 0 aliphatic heterocycles. The Morgan fingerprint density at radius 1 is 1.47 bits per heavy atom. The van der Waals surface area contributed by atoms with Gasteiger partial charge in [0.2, 0.25) is 0 Å². The molecular weight excluding hydrogens is 210 g/mol. The summed E-state index contributed by atoms with van der Waals surface area (Å²) in [6.07, 6.45) is 1.67. The smallest absolute Gasteiger partial charge is 0.103 e. The highest BCUT2D eigenvalue weighted by atomic mass is 32.1. The zero-order chi connectivity index (χ0) is 11.1. The molecule has 0 heterocycles. The van der Waals surface area contributed by atoms with Gasteiger partial charge in [-0.1, -0.05) is 36.5 Å². The Kier molecular flexibility index (Phi) is 4.73. The number of hydrogen-bond donors (Lipinski definition) is 3. The minimum Gasteiger partial charge on any atom is -0.394 e. The van der Waals surface area contributed by atoms with Crippen LogP contribution in [0.25, 0.3) is 0 Å². The van der Waals surface area contributed by atoms with Crippen LogP contribution in [0.2, 0.25) is 0 Å². The van der Waals surface area contributed by atoms with Crippen molar-refractivity contribution in [2.75, 3.05) is 13.2 Å². The van der Waals surface area contributed by atoms with Crippen LogP contribution in [0.3, 0.4) is 0 Å². The second-order valence-electron chi connectivity index (χ2n) is 2.88. The van der Waals surface area contributed by atoms with Crippen LogP contribution in [0.4, 0.5) is 0 Å². The van der Waals surface area contributed by atoms with Gasteiger partial charge in [0.15, 0.2) is 0 Å². The van der Waals surface area contributed by atoms with Crippen molar-refractivity contribution in [1.82, 2.24) is 5.43 Å². The Bertz CT molecular complexity index is 348. The third kappa shape index (κ3) is 4.05. The van der Waals surface area contributed by atoms with Gasteiger partial charge < -0.3 is 16.3 Å². The molecule has 15 heavy (non-hydrogen) atoms. The first-order valence-corrected chi connectivity index (χ1v) is 4.91. The van der Waals surface area contributed by atoms with Crippen molar-refractivity contribution >= 4 is 23.4 Å². The Hall–Kier alpha value is -1.46. The van der Waals surface area contributed by atoms with Crippen LogP contribution in [-0.4, -0.2) is 29.5 Å². The van der Waals surface area contributed by atoms with Gasteiger partial charge >= 0.3 is 0 Å². The molecule has 1 aromatic rings. The van der Waals surface area contributed by atoms with Gasteiger partial charge in [0.05, 0.1) is 19.4 Å². The van der Waals surface area contributed by atoms with Crippen molar-refractivity contribution in [3.05, 3.63) is 35.4 Å².